The van der Waals surface area contributed by atoms with Gasteiger partial charge in [0.15, 0.2) is 0 Å². The van der Waals surface area contributed by atoms with Crippen molar-refractivity contribution < 1.29 is 0 Å². The number of nitrogens with zero attached hydrogens (tertiary/aromatic N) is 8. The summed E-state index contributed by atoms with van der Waals surface area (Å²) in [4.78, 5) is 4.47. The average Bonchev–Trinajstić information content (AvgIpc) is 3.70. The Hall–Kier alpha value is -11.8. The molecule has 0 aliphatic heterocycles. The van der Waals surface area contributed by atoms with Crippen molar-refractivity contribution in [2.45, 2.75) is 0 Å². The minimum atomic E-state index is 0.532. The Kier molecular flexibility index (Phi) is 12.1. The van der Waals surface area contributed by atoms with E-state index in [0.717, 1.165) is 111 Å². The van der Waals surface area contributed by atoms with E-state index in [2.05, 4.69) is 131 Å². The molecule has 12 rings (SSSR count). The Bertz CT molecular complexity index is 4130. The van der Waals surface area contributed by atoms with Crippen LogP contribution in [0.3, 0.4) is 0 Å². The van der Waals surface area contributed by atoms with Crippen LogP contribution in [0.1, 0.15) is 33.4 Å². The fourth-order valence-corrected chi connectivity index (χ4v) is 10.5. The largest absolute Gasteiger partial charge is 0.310 e. The van der Waals surface area contributed by atoms with Crippen molar-refractivity contribution in [2.75, 3.05) is 9.80 Å². The van der Waals surface area contributed by atoms with Crippen LogP contribution in [0.2, 0.25) is 0 Å². The second kappa shape index (κ2) is 19.9. The van der Waals surface area contributed by atoms with Gasteiger partial charge in [0.05, 0.1) is 81.2 Å². The van der Waals surface area contributed by atoms with Gasteiger partial charge in [-0.2, -0.15) is 31.6 Å². The summed E-state index contributed by atoms with van der Waals surface area (Å²) in [6.07, 6.45) is 0. The minimum absolute atomic E-state index is 0.532. The highest BCUT2D eigenvalue weighted by atomic mass is 15.2. The molecule has 0 heterocycles. The molecule has 0 saturated carbocycles. The van der Waals surface area contributed by atoms with Crippen molar-refractivity contribution in [2.24, 2.45) is 0 Å². The number of rotatable bonds is 10. The molecule has 0 saturated heterocycles. The van der Waals surface area contributed by atoms with E-state index in [9.17, 15) is 31.6 Å². The van der Waals surface area contributed by atoms with E-state index in [4.69, 9.17) is 0 Å². The molecule has 12 aromatic rings. The fraction of sp³-hybridized carbons (Fsp3) is 0. The van der Waals surface area contributed by atoms with Crippen LogP contribution in [0, 0.1) is 68.0 Å². The molecule has 0 bridgehead atoms. The van der Waals surface area contributed by atoms with Crippen molar-refractivity contribution in [3.05, 3.63) is 264 Å². The molecule has 0 atom stereocenters. The molecule has 0 amide bonds. The van der Waals surface area contributed by atoms with Crippen LogP contribution in [0.25, 0.3) is 76.8 Å². The highest BCUT2D eigenvalue weighted by molar-refractivity contribution is 6.28. The smallest absolute Gasteiger partial charge is 0.0991 e. The van der Waals surface area contributed by atoms with Crippen LogP contribution < -0.4 is 9.80 Å². The fourth-order valence-electron chi connectivity index (χ4n) is 10.5. The van der Waals surface area contributed by atoms with Gasteiger partial charge < -0.3 is 9.80 Å². The van der Waals surface area contributed by atoms with Crippen molar-refractivity contribution in [3.8, 4) is 80.9 Å². The summed E-state index contributed by atoms with van der Waals surface area (Å²) in [6, 6.07) is 89.1. The van der Waals surface area contributed by atoms with Crippen molar-refractivity contribution >= 4 is 66.4 Å². The Morgan fingerprint density at radius 3 is 0.718 bits per heavy atom. The Balaban J connectivity index is 1.10. The highest BCUT2D eigenvalue weighted by Gasteiger charge is 2.24. The van der Waals surface area contributed by atoms with Crippen LogP contribution in [0.15, 0.2) is 231 Å². The standard InChI is InChI=1S/C70H38N8/c71-39-45-1-13-51(14-2-45)57-33-58(52-15-3-46(40-72)4-16-52)36-63(35-57)77(61-25-9-49(43-75)10-26-61)67-31-23-55-22-30-66-68(32-24-56-21-29-65(67)69(55)70(56)66)78(62-27-11-50(44-76)12-28-62)64-37-59(53-17-5-47(41-73)6-18-53)34-60(38-64)54-19-7-48(42-74)8-20-54/h1-38H. The van der Waals surface area contributed by atoms with Crippen LogP contribution >= 0.6 is 0 Å². The predicted octanol–water partition coefficient (Wildman–Crippen LogP) is 17.4. The van der Waals surface area contributed by atoms with Crippen molar-refractivity contribution in [1.82, 2.24) is 0 Å². The summed E-state index contributed by atoms with van der Waals surface area (Å²) >= 11 is 0. The summed E-state index contributed by atoms with van der Waals surface area (Å²) in [7, 11) is 0. The molecule has 8 nitrogen and oxygen atoms in total. The predicted molar refractivity (Wildman–Crippen MR) is 310 cm³/mol. The normalized spacial score (nSPS) is 10.7. The molecular weight excluding hydrogens is 953 g/mol. The Labute approximate surface area is 450 Å². The van der Waals surface area contributed by atoms with Crippen molar-refractivity contribution in [3.63, 3.8) is 0 Å². The maximum absolute atomic E-state index is 9.96. The molecule has 0 fully saturated rings. The first-order valence-electron chi connectivity index (χ1n) is 25.0. The molecule has 0 N–H and O–H groups in total. The summed E-state index contributed by atoms with van der Waals surface area (Å²) in [5, 5.41) is 64.9. The molecule has 0 spiro atoms. The summed E-state index contributed by atoms with van der Waals surface area (Å²) < 4.78 is 0. The van der Waals surface area contributed by atoms with Crippen LogP contribution in [-0.2, 0) is 0 Å². The van der Waals surface area contributed by atoms with E-state index in [1.165, 1.54) is 0 Å². The van der Waals surface area contributed by atoms with Crippen LogP contribution in [-0.4, -0.2) is 0 Å². The third-order valence-electron chi connectivity index (χ3n) is 14.4. The quantitative estimate of drug-likeness (QED) is 0.123. The van der Waals surface area contributed by atoms with E-state index in [1.54, 1.807) is 0 Å². The van der Waals surface area contributed by atoms with E-state index in [0.29, 0.717) is 33.4 Å². The summed E-state index contributed by atoms with van der Waals surface area (Å²) in [6.45, 7) is 0. The average molecular weight is 991 g/mol. The van der Waals surface area contributed by atoms with Gasteiger partial charge in [-0.1, -0.05) is 84.9 Å². The molecule has 0 unspecified atom stereocenters. The SMILES string of the molecule is N#Cc1ccc(-c2cc(-c3ccc(C#N)cc3)cc(N(c3ccc(C#N)cc3)c3ccc4ccc5c(N(c6ccc(C#N)cc6)c6cc(-c7ccc(C#N)cc7)cc(-c7ccc(C#N)cc7)c6)ccc6ccc3c4c65)c2)cc1. The molecular formula is C70H38N8. The lowest BCUT2D eigenvalue weighted by Gasteiger charge is -2.30. The maximum atomic E-state index is 9.96. The van der Waals surface area contributed by atoms with Crippen LogP contribution in [0.4, 0.5) is 34.1 Å². The van der Waals surface area contributed by atoms with Crippen molar-refractivity contribution in [1.29, 1.82) is 31.6 Å². The molecule has 358 valence electrons. The van der Waals surface area contributed by atoms with E-state index < -0.39 is 0 Å². The minimum Gasteiger partial charge on any atom is -0.310 e. The molecule has 8 heteroatoms. The third kappa shape index (κ3) is 8.65. The van der Waals surface area contributed by atoms with Gasteiger partial charge in [-0.15, -0.1) is 0 Å². The third-order valence-corrected chi connectivity index (χ3v) is 14.4. The first kappa shape index (κ1) is 47.2. The number of nitriles is 6. The first-order valence-corrected chi connectivity index (χ1v) is 25.0. The second-order valence-electron chi connectivity index (χ2n) is 18.9. The first-order chi connectivity index (χ1) is 38.3. The summed E-state index contributed by atoms with van der Waals surface area (Å²) in [5.74, 6) is 0. The van der Waals surface area contributed by atoms with Gasteiger partial charge in [-0.3, -0.25) is 0 Å². The van der Waals surface area contributed by atoms with Gasteiger partial charge in [0.25, 0.3) is 0 Å². The Morgan fingerprint density at radius 2 is 0.462 bits per heavy atom. The highest BCUT2D eigenvalue weighted by Crippen LogP contribution is 2.49. The zero-order valence-corrected chi connectivity index (χ0v) is 41.5. The topological polar surface area (TPSA) is 149 Å². The second-order valence-corrected chi connectivity index (χ2v) is 18.9. The van der Waals surface area contributed by atoms with Crippen LogP contribution in [0.5, 0.6) is 0 Å². The maximum Gasteiger partial charge on any atom is 0.0991 e. The van der Waals surface area contributed by atoms with E-state index in [1.807, 2.05) is 146 Å². The number of benzene rings is 12. The lowest BCUT2D eigenvalue weighted by atomic mass is 9.91. The van der Waals surface area contributed by atoms with Gasteiger partial charge >= 0.3 is 0 Å². The van der Waals surface area contributed by atoms with Gasteiger partial charge in [0, 0.05) is 33.5 Å². The van der Waals surface area contributed by atoms with Gasteiger partial charge in [-0.25, -0.2) is 0 Å². The Morgan fingerprint density at radius 1 is 0.218 bits per heavy atom. The lowest BCUT2D eigenvalue weighted by Crippen LogP contribution is -2.12. The molecule has 12 aromatic carbocycles. The molecule has 78 heavy (non-hydrogen) atoms. The molecule has 0 radical (unpaired) electrons. The zero-order valence-electron chi connectivity index (χ0n) is 41.5. The molecule has 0 aliphatic carbocycles. The van der Waals surface area contributed by atoms with Gasteiger partial charge in [-0.05, 0) is 212 Å². The molecule has 0 aliphatic rings. The van der Waals surface area contributed by atoms with Gasteiger partial charge in [0.1, 0.15) is 0 Å². The number of hydrogen-bond acceptors (Lipinski definition) is 8. The molecule has 0 aromatic heterocycles. The number of hydrogen-bond donors (Lipinski definition) is 0. The number of anilines is 6. The monoisotopic (exact) mass is 990 g/mol. The lowest BCUT2D eigenvalue weighted by molar-refractivity contribution is 1.29. The summed E-state index contributed by atoms with van der Waals surface area (Å²) in [5.41, 5.74) is 15.9. The zero-order chi connectivity index (χ0) is 53.3. The van der Waals surface area contributed by atoms with Gasteiger partial charge in [0.2, 0.25) is 0 Å². The van der Waals surface area contributed by atoms with E-state index >= 15 is 0 Å². The van der Waals surface area contributed by atoms with E-state index in [-0.39, 0.29) is 0 Å².